The van der Waals surface area contributed by atoms with Crippen LogP contribution in [0.2, 0.25) is 0 Å². The number of fused-ring (bicyclic) bond motifs is 1. The summed E-state index contributed by atoms with van der Waals surface area (Å²) in [5.74, 6) is 0. The van der Waals surface area contributed by atoms with Gasteiger partial charge in [0.2, 0.25) is 0 Å². The van der Waals surface area contributed by atoms with Crippen molar-refractivity contribution in [2.45, 2.75) is 13.5 Å². The van der Waals surface area contributed by atoms with E-state index < -0.39 is 4.92 Å². The van der Waals surface area contributed by atoms with E-state index in [-0.39, 0.29) is 5.69 Å². The van der Waals surface area contributed by atoms with Crippen molar-refractivity contribution in [1.82, 2.24) is 9.97 Å². The highest BCUT2D eigenvalue weighted by molar-refractivity contribution is 7.09. The minimum Gasteiger partial charge on any atom is -0.379 e. The Hall–Kier alpha value is -2.54. The number of nitrogens with one attached hydrogen (secondary N) is 1. The van der Waals surface area contributed by atoms with Gasteiger partial charge < -0.3 is 5.32 Å². The van der Waals surface area contributed by atoms with Gasteiger partial charge in [-0.2, -0.15) is 0 Å². The van der Waals surface area contributed by atoms with E-state index in [0.29, 0.717) is 12.1 Å². The zero-order chi connectivity index (χ0) is 14.8. The number of nitro groups is 1. The van der Waals surface area contributed by atoms with Gasteiger partial charge in [-0.1, -0.05) is 0 Å². The fraction of sp³-hybridized carbons (Fsp3) is 0.143. The van der Waals surface area contributed by atoms with Crippen molar-refractivity contribution in [3.8, 4) is 0 Å². The molecule has 21 heavy (non-hydrogen) atoms. The van der Waals surface area contributed by atoms with Gasteiger partial charge >= 0.3 is 0 Å². The lowest BCUT2D eigenvalue weighted by atomic mass is 10.1. The van der Waals surface area contributed by atoms with Crippen molar-refractivity contribution in [2.24, 2.45) is 0 Å². The van der Waals surface area contributed by atoms with E-state index in [0.717, 1.165) is 21.8 Å². The monoisotopic (exact) mass is 300 g/mol. The predicted octanol–water partition coefficient (Wildman–Crippen LogP) is 3.52. The van der Waals surface area contributed by atoms with E-state index in [4.69, 9.17) is 0 Å². The number of aryl methyl sites for hydroxylation is 1. The number of non-ortho nitro benzene ring substituents is 1. The third-order valence-electron chi connectivity index (χ3n) is 3.07. The fourth-order valence-corrected chi connectivity index (χ4v) is 2.75. The summed E-state index contributed by atoms with van der Waals surface area (Å²) in [4.78, 5) is 19.1. The molecule has 0 unspecified atom stereocenters. The summed E-state index contributed by atoms with van der Waals surface area (Å²) in [5.41, 5.74) is 2.17. The summed E-state index contributed by atoms with van der Waals surface area (Å²) >= 11 is 1.60. The first-order chi connectivity index (χ1) is 10.1. The molecule has 1 N–H and O–H groups in total. The van der Waals surface area contributed by atoms with Gasteiger partial charge in [-0.3, -0.25) is 10.1 Å². The molecule has 0 spiro atoms. The number of aromatic nitrogens is 2. The number of anilines is 1. The Kier molecular flexibility index (Phi) is 3.49. The molecule has 0 amide bonds. The van der Waals surface area contributed by atoms with Crippen LogP contribution in [0.15, 0.2) is 35.8 Å². The Morgan fingerprint density at radius 2 is 2.24 bits per heavy atom. The SMILES string of the molecule is Cc1nc(CNc2ccc([N+](=O)[O-])c3ncccc23)cs1. The van der Waals surface area contributed by atoms with E-state index in [1.165, 1.54) is 6.07 Å². The fourth-order valence-electron chi connectivity index (χ4n) is 2.13. The normalized spacial score (nSPS) is 10.7. The first kappa shape index (κ1) is 13.4. The van der Waals surface area contributed by atoms with Crippen LogP contribution in [0, 0.1) is 17.0 Å². The van der Waals surface area contributed by atoms with Crippen LogP contribution >= 0.6 is 11.3 Å². The van der Waals surface area contributed by atoms with Crippen LogP contribution < -0.4 is 5.32 Å². The number of hydrogen-bond donors (Lipinski definition) is 1. The highest BCUT2D eigenvalue weighted by Crippen LogP contribution is 2.29. The molecule has 0 atom stereocenters. The van der Waals surface area contributed by atoms with Crippen LogP contribution in [-0.2, 0) is 6.54 Å². The molecule has 0 aliphatic carbocycles. The van der Waals surface area contributed by atoms with Gasteiger partial charge in [0.05, 0.1) is 22.2 Å². The molecule has 0 aliphatic heterocycles. The molecule has 0 aliphatic rings. The summed E-state index contributed by atoms with van der Waals surface area (Å²) in [6.45, 7) is 2.53. The number of benzene rings is 1. The molecular formula is C14H12N4O2S. The second kappa shape index (κ2) is 5.45. The van der Waals surface area contributed by atoms with Crippen LogP contribution in [-0.4, -0.2) is 14.9 Å². The second-order valence-corrected chi connectivity index (χ2v) is 5.56. The third kappa shape index (κ3) is 2.68. The quantitative estimate of drug-likeness (QED) is 0.589. The van der Waals surface area contributed by atoms with Crippen molar-refractivity contribution in [3.63, 3.8) is 0 Å². The lowest BCUT2D eigenvalue weighted by molar-refractivity contribution is -0.383. The van der Waals surface area contributed by atoms with E-state index in [1.54, 1.807) is 29.7 Å². The van der Waals surface area contributed by atoms with Crippen molar-refractivity contribution < 1.29 is 4.92 Å². The van der Waals surface area contributed by atoms with E-state index >= 15 is 0 Å². The van der Waals surface area contributed by atoms with Crippen LogP contribution in [0.1, 0.15) is 10.7 Å². The van der Waals surface area contributed by atoms with Gasteiger partial charge in [0.15, 0.2) is 0 Å². The van der Waals surface area contributed by atoms with E-state index in [1.807, 2.05) is 18.4 Å². The van der Waals surface area contributed by atoms with Crippen molar-refractivity contribution in [2.75, 3.05) is 5.32 Å². The molecule has 0 radical (unpaired) electrons. The average Bonchev–Trinajstić information content (AvgIpc) is 2.90. The number of hydrogen-bond acceptors (Lipinski definition) is 6. The zero-order valence-corrected chi connectivity index (χ0v) is 12.1. The molecule has 106 valence electrons. The van der Waals surface area contributed by atoms with Crippen molar-refractivity contribution >= 4 is 33.6 Å². The zero-order valence-electron chi connectivity index (χ0n) is 11.2. The third-order valence-corrected chi connectivity index (χ3v) is 3.89. The smallest absolute Gasteiger partial charge is 0.295 e. The van der Waals surface area contributed by atoms with E-state index in [9.17, 15) is 10.1 Å². The Balaban J connectivity index is 1.96. The van der Waals surface area contributed by atoms with E-state index in [2.05, 4.69) is 15.3 Å². The van der Waals surface area contributed by atoms with Crippen LogP contribution in [0.3, 0.4) is 0 Å². The molecule has 0 saturated heterocycles. The maximum atomic E-state index is 11.0. The summed E-state index contributed by atoms with van der Waals surface area (Å²) in [7, 11) is 0. The topological polar surface area (TPSA) is 81.0 Å². The molecule has 0 bridgehead atoms. The Morgan fingerprint density at radius 1 is 1.38 bits per heavy atom. The standard InChI is InChI=1S/C14H12N4O2S/c1-9-17-10(8-21-9)7-16-12-4-5-13(18(19)20)14-11(12)3-2-6-15-14/h2-6,8,16H,7H2,1H3. The van der Waals surface area contributed by atoms with Gasteiger partial charge in [-0.25, -0.2) is 9.97 Å². The molecule has 7 heteroatoms. The Labute approximate surface area is 124 Å². The van der Waals surface area contributed by atoms with Gasteiger partial charge in [0.1, 0.15) is 5.52 Å². The number of nitrogens with zero attached hydrogens (tertiary/aromatic N) is 3. The molecule has 2 aromatic heterocycles. The number of rotatable bonds is 4. The number of thiazole rings is 1. The lowest BCUT2D eigenvalue weighted by Crippen LogP contribution is -2.01. The first-order valence-electron chi connectivity index (χ1n) is 6.32. The molecule has 6 nitrogen and oxygen atoms in total. The molecule has 1 aromatic carbocycles. The van der Waals surface area contributed by atoms with Crippen LogP contribution in [0.25, 0.3) is 10.9 Å². The Morgan fingerprint density at radius 3 is 2.95 bits per heavy atom. The summed E-state index contributed by atoms with van der Waals surface area (Å²) in [6, 6.07) is 6.78. The number of nitro benzene ring substituents is 1. The van der Waals surface area contributed by atoms with Crippen molar-refractivity contribution in [1.29, 1.82) is 0 Å². The van der Waals surface area contributed by atoms with Crippen molar-refractivity contribution in [3.05, 3.63) is 56.7 Å². The van der Waals surface area contributed by atoms with Crippen LogP contribution in [0.5, 0.6) is 0 Å². The second-order valence-electron chi connectivity index (χ2n) is 4.50. The maximum Gasteiger partial charge on any atom is 0.295 e. The van der Waals surface area contributed by atoms with Gasteiger partial charge in [-0.05, 0) is 25.1 Å². The molecule has 2 heterocycles. The first-order valence-corrected chi connectivity index (χ1v) is 7.20. The summed E-state index contributed by atoms with van der Waals surface area (Å²) in [6.07, 6.45) is 1.56. The highest BCUT2D eigenvalue weighted by atomic mass is 32.1. The largest absolute Gasteiger partial charge is 0.379 e. The van der Waals surface area contributed by atoms with Crippen LogP contribution in [0.4, 0.5) is 11.4 Å². The number of pyridine rings is 1. The van der Waals surface area contributed by atoms with Gasteiger partial charge in [0.25, 0.3) is 5.69 Å². The maximum absolute atomic E-state index is 11.0. The predicted molar refractivity (Wildman–Crippen MR) is 82.6 cm³/mol. The minimum absolute atomic E-state index is 0.0145. The molecule has 3 aromatic rings. The average molecular weight is 300 g/mol. The summed E-state index contributed by atoms with van der Waals surface area (Å²) < 4.78 is 0. The molecule has 3 rings (SSSR count). The molecule has 0 saturated carbocycles. The van der Waals surface area contributed by atoms with Gasteiger partial charge in [-0.15, -0.1) is 11.3 Å². The molecule has 0 fully saturated rings. The highest BCUT2D eigenvalue weighted by Gasteiger charge is 2.15. The Bertz CT molecular complexity index is 816. The minimum atomic E-state index is -0.414. The molecular weight excluding hydrogens is 288 g/mol. The summed E-state index contributed by atoms with van der Waals surface area (Å²) in [5, 5.41) is 18.1. The van der Waals surface area contributed by atoms with Gasteiger partial charge in [0, 0.05) is 28.7 Å². The lowest BCUT2D eigenvalue weighted by Gasteiger charge is -2.08.